The molecule has 0 spiro atoms. The van der Waals surface area contributed by atoms with E-state index < -0.39 is 5.97 Å². The lowest BCUT2D eigenvalue weighted by Gasteiger charge is -2.08. The number of carboxylic acid groups (broad SMARTS) is 1. The van der Waals surface area contributed by atoms with Crippen molar-refractivity contribution in [3.05, 3.63) is 71.0 Å². The number of nitrogens with one attached hydrogen (secondary N) is 2. The number of amides is 1. The molecule has 0 bridgehead atoms. The van der Waals surface area contributed by atoms with Gasteiger partial charge in [-0.15, -0.1) is 0 Å². The van der Waals surface area contributed by atoms with Gasteiger partial charge in [-0.25, -0.2) is 0 Å². The van der Waals surface area contributed by atoms with E-state index in [2.05, 4.69) is 10.3 Å². The molecule has 2 heterocycles. The van der Waals surface area contributed by atoms with Crippen molar-refractivity contribution in [1.82, 2.24) is 4.98 Å². The topological polar surface area (TPSA) is 91.4 Å². The second-order valence-corrected chi connectivity index (χ2v) is 7.48. The highest BCUT2D eigenvalue weighted by molar-refractivity contribution is 6.35. The fourth-order valence-electron chi connectivity index (χ4n) is 3.80. The van der Waals surface area contributed by atoms with E-state index in [9.17, 15) is 9.59 Å². The van der Waals surface area contributed by atoms with Crippen molar-refractivity contribution in [2.75, 3.05) is 11.9 Å². The average molecular weight is 416 g/mol. The number of rotatable bonds is 7. The highest BCUT2D eigenvalue weighted by Gasteiger charge is 2.25. The van der Waals surface area contributed by atoms with Gasteiger partial charge in [0.05, 0.1) is 12.2 Å². The Morgan fingerprint density at radius 3 is 2.74 bits per heavy atom. The van der Waals surface area contributed by atoms with Crippen molar-refractivity contribution in [2.24, 2.45) is 0 Å². The summed E-state index contributed by atoms with van der Waals surface area (Å²) in [7, 11) is 0. The van der Waals surface area contributed by atoms with Gasteiger partial charge in [0.15, 0.2) is 0 Å². The fourth-order valence-corrected chi connectivity index (χ4v) is 3.80. The standard InChI is InChI=1S/C25H24N2O4/c1-3-31-19-6-4-5-16(11-19)17-7-9-20-21(25(30)27-23(20)12-17)13-22-15(2)18(14-26-22)8-10-24(28)29/h4-7,9,11-14,26H,3,8,10H2,1-2H3,(H,27,30)(H,28,29). The molecule has 0 saturated heterocycles. The number of ether oxygens (including phenoxy) is 1. The molecule has 1 amide bonds. The number of carbonyl (C=O) groups excluding carboxylic acids is 1. The maximum absolute atomic E-state index is 12.7. The van der Waals surface area contributed by atoms with Gasteiger partial charge < -0.3 is 20.1 Å². The van der Waals surface area contributed by atoms with Gasteiger partial charge in [-0.1, -0.05) is 24.3 Å². The van der Waals surface area contributed by atoms with Crippen molar-refractivity contribution in [2.45, 2.75) is 26.7 Å². The summed E-state index contributed by atoms with van der Waals surface area (Å²) in [5, 5.41) is 11.9. The third kappa shape index (κ3) is 4.23. The smallest absolute Gasteiger partial charge is 0.303 e. The first-order chi connectivity index (χ1) is 15.0. The Kier molecular flexibility index (Phi) is 5.62. The Morgan fingerprint density at radius 2 is 1.97 bits per heavy atom. The maximum Gasteiger partial charge on any atom is 0.303 e. The van der Waals surface area contributed by atoms with Crippen LogP contribution in [-0.2, 0) is 16.0 Å². The van der Waals surface area contributed by atoms with E-state index in [1.165, 1.54) is 0 Å². The number of aromatic nitrogens is 1. The molecule has 1 aliphatic heterocycles. The molecule has 4 rings (SSSR count). The van der Waals surface area contributed by atoms with E-state index in [4.69, 9.17) is 9.84 Å². The molecule has 0 radical (unpaired) electrons. The lowest BCUT2D eigenvalue weighted by Crippen LogP contribution is -2.03. The molecule has 31 heavy (non-hydrogen) atoms. The van der Waals surface area contributed by atoms with E-state index in [-0.39, 0.29) is 12.3 Å². The fraction of sp³-hybridized carbons (Fsp3) is 0.200. The first-order valence-electron chi connectivity index (χ1n) is 10.3. The van der Waals surface area contributed by atoms with E-state index in [0.717, 1.165) is 44.9 Å². The van der Waals surface area contributed by atoms with Crippen LogP contribution in [0, 0.1) is 6.92 Å². The predicted octanol–water partition coefficient (Wildman–Crippen LogP) is 4.90. The maximum atomic E-state index is 12.7. The van der Waals surface area contributed by atoms with Gasteiger partial charge in [-0.05, 0) is 66.8 Å². The van der Waals surface area contributed by atoms with Gasteiger partial charge >= 0.3 is 5.97 Å². The normalized spacial score (nSPS) is 13.9. The van der Waals surface area contributed by atoms with Crippen molar-refractivity contribution < 1.29 is 19.4 Å². The van der Waals surface area contributed by atoms with E-state index in [0.29, 0.717) is 18.6 Å². The van der Waals surface area contributed by atoms with E-state index in [1.54, 1.807) is 0 Å². The Balaban J connectivity index is 1.64. The average Bonchev–Trinajstić information content (AvgIpc) is 3.26. The summed E-state index contributed by atoms with van der Waals surface area (Å²) in [6.07, 6.45) is 4.17. The lowest BCUT2D eigenvalue weighted by molar-refractivity contribution is -0.137. The van der Waals surface area contributed by atoms with Crippen LogP contribution in [0.1, 0.15) is 35.7 Å². The zero-order valence-electron chi connectivity index (χ0n) is 17.5. The number of fused-ring (bicyclic) bond motifs is 1. The van der Waals surface area contributed by atoms with Crippen molar-refractivity contribution in [3.8, 4) is 16.9 Å². The van der Waals surface area contributed by atoms with Crippen LogP contribution >= 0.6 is 0 Å². The molecule has 0 unspecified atom stereocenters. The summed E-state index contributed by atoms with van der Waals surface area (Å²) < 4.78 is 5.59. The number of aliphatic carboxylic acids is 1. The highest BCUT2D eigenvalue weighted by atomic mass is 16.5. The van der Waals surface area contributed by atoms with Crippen LogP contribution in [0.25, 0.3) is 22.8 Å². The van der Waals surface area contributed by atoms with E-state index >= 15 is 0 Å². The van der Waals surface area contributed by atoms with Gasteiger partial charge in [0.1, 0.15) is 5.75 Å². The zero-order valence-corrected chi connectivity index (χ0v) is 17.5. The molecule has 0 fully saturated rings. The summed E-state index contributed by atoms with van der Waals surface area (Å²) >= 11 is 0. The van der Waals surface area contributed by atoms with Crippen LogP contribution in [0.5, 0.6) is 5.75 Å². The summed E-state index contributed by atoms with van der Waals surface area (Å²) in [5.74, 6) is -0.172. The Hall–Kier alpha value is -3.80. The largest absolute Gasteiger partial charge is 0.494 e. The van der Waals surface area contributed by atoms with Crippen molar-refractivity contribution in [3.63, 3.8) is 0 Å². The molecule has 3 N–H and O–H groups in total. The van der Waals surface area contributed by atoms with Gasteiger partial charge in [-0.3, -0.25) is 9.59 Å². The monoisotopic (exact) mass is 416 g/mol. The Labute approximate surface area is 180 Å². The minimum atomic E-state index is -0.827. The molecule has 0 saturated carbocycles. The van der Waals surface area contributed by atoms with Crippen LogP contribution in [0.2, 0.25) is 0 Å². The minimum absolute atomic E-state index is 0.0747. The van der Waals surface area contributed by atoms with Gasteiger partial charge in [0, 0.05) is 29.6 Å². The van der Waals surface area contributed by atoms with Crippen LogP contribution < -0.4 is 10.1 Å². The number of hydrogen-bond donors (Lipinski definition) is 3. The second kappa shape index (κ2) is 8.52. The van der Waals surface area contributed by atoms with Crippen molar-refractivity contribution in [1.29, 1.82) is 0 Å². The molecule has 0 atom stereocenters. The molecule has 0 aliphatic carbocycles. The summed E-state index contributed by atoms with van der Waals surface area (Å²) in [6.45, 7) is 4.49. The number of benzene rings is 2. The van der Waals surface area contributed by atoms with Gasteiger partial charge in [0.25, 0.3) is 5.91 Å². The summed E-state index contributed by atoms with van der Waals surface area (Å²) in [6, 6.07) is 13.8. The first kappa shape index (κ1) is 20.5. The summed E-state index contributed by atoms with van der Waals surface area (Å²) in [4.78, 5) is 26.7. The second-order valence-electron chi connectivity index (χ2n) is 7.48. The molecule has 3 aromatic rings. The third-order valence-electron chi connectivity index (χ3n) is 5.47. The number of carbonyl (C=O) groups is 2. The Morgan fingerprint density at radius 1 is 1.16 bits per heavy atom. The molecular weight excluding hydrogens is 392 g/mol. The van der Waals surface area contributed by atoms with Crippen LogP contribution in [-0.4, -0.2) is 28.6 Å². The molecule has 6 nitrogen and oxygen atoms in total. The number of aromatic amines is 1. The highest BCUT2D eigenvalue weighted by Crippen LogP contribution is 2.37. The minimum Gasteiger partial charge on any atom is -0.494 e. The molecule has 6 heteroatoms. The van der Waals surface area contributed by atoms with Crippen molar-refractivity contribution >= 4 is 29.2 Å². The SMILES string of the molecule is CCOc1cccc(-c2ccc3c(c2)NC(=O)C3=Cc2[nH]cc(CCC(=O)O)c2C)c1. The molecule has 1 aliphatic rings. The van der Waals surface area contributed by atoms with Gasteiger partial charge in [-0.2, -0.15) is 0 Å². The molecular formula is C25H24N2O4. The quantitative estimate of drug-likeness (QED) is 0.478. The van der Waals surface area contributed by atoms with Crippen LogP contribution in [0.4, 0.5) is 5.69 Å². The lowest BCUT2D eigenvalue weighted by atomic mass is 9.99. The third-order valence-corrected chi connectivity index (χ3v) is 5.47. The van der Waals surface area contributed by atoms with Crippen LogP contribution in [0.3, 0.4) is 0 Å². The van der Waals surface area contributed by atoms with Gasteiger partial charge in [0.2, 0.25) is 0 Å². The Bertz CT molecular complexity index is 1190. The summed E-state index contributed by atoms with van der Waals surface area (Å²) in [5.41, 5.74) is 6.92. The molecule has 158 valence electrons. The number of carboxylic acids is 1. The number of anilines is 1. The number of aryl methyl sites for hydroxylation is 1. The molecule has 2 aromatic carbocycles. The first-order valence-corrected chi connectivity index (χ1v) is 10.3. The predicted molar refractivity (Wildman–Crippen MR) is 121 cm³/mol. The zero-order chi connectivity index (χ0) is 22.0. The molecule has 1 aromatic heterocycles. The van der Waals surface area contributed by atoms with E-state index in [1.807, 2.05) is 68.6 Å². The number of H-pyrrole nitrogens is 1. The van der Waals surface area contributed by atoms with Crippen LogP contribution in [0.15, 0.2) is 48.7 Å². The number of hydrogen-bond acceptors (Lipinski definition) is 3.